The highest BCUT2D eigenvalue weighted by Gasteiger charge is 2.52. The molecule has 3 nitrogen and oxygen atoms in total. The minimum absolute atomic E-state index is 0.123. The molecular formula is C19H29FN2O. The first-order chi connectivity index (χ1) is 10.9. The average Bonchev–Trinajstić information content (AvgIpc) is 2.76. The Hall–Kier alpha value is -1.00. The van der Waals surface area contributed by atoms with Gasteiger partial charge in [-0.25, -0.2) is 4.39 Å². The number of carbonyl (C=O) groups excluding carboxylic acids is 1. The summed E-state index contributed by atoms with van der Waals surface area (Å²) in [4.78, 5) is 12.8. The standard InChI is InChI=1S/C19H29FN2O/c1-3-8-19(11-6-7-12-21-19)16(23)15(20)13-18-10-5-4-9-17(2,14-18)22-18/h3,13,21-22H,1,4-12,14H2,2H3/b15-13+. The van der Waals surface area contributed by atoms with Gasteiger partial charge in [-0.2, -0.15) is 0 Å². The van der Waals surface area contributed by atoms with Gasteiger partial charge < -0.3 is 10.6 Å². The third-order valence-corrected chi connectivity index (χ3v) is 5.90. The van der Waals surface area contributed by atoms with E-state index in [1.807, 2.05) is 0 Å². The Kier molecular flexibility index (Phi) is 4.49. The predicted octanol–water partition coefficient (Wildman–Crippen LogP) is 3.56. The zero-order valence-electron chi connectivity index (χ0n) is 14.2. The molecule has 0 radical (unpaired) electrons. The van der Waals surface area contributed by atoms with E-state index in [9.17, 15) is 9.18 Å². The highest BCUT2D eigenvalue weighted by molar-refractivity contribution is 6.01. The SMILES string of the molecule is C=CCC1(C(=O)/C(F)=C\C23CCCCC(C)(C2)N3)CCCCN1. The number of fused-ring (bicyclic) bond motifs is 3. The zero-order valence-corrected chi connectivity index (χ0v) is 14.2. The summed E-state index contributed by atoms with van der Waals surface area (Å²) in [7, 11) is 0. The molecule has 0 spiro atoms. The van der Waals surface area contributed by atoms with Crippen LogP contribution in [0.15, 0.2) is 24.6 Å². The topological polar surface area (TPSA) is 41.1 Å². The van der Waals surface area contributed by atoms with Crippen molar-refractivity contribution < 1.29 is 9.18 Å². The Morgan fingerprint density at radius 1 is 1.22 bits per heavy atom. The van der Waals surface area contributed by atoms with Gasteiger partial charge in [-0.05, 0) is 64.5 Å². The van der Waals surface area contributed by atoms with Crippen LogP contribution in [0.1, 0.15) is 64.7 Å². The first-order valence-corrected chi connectivity index (χ1v) is 9.01. The fourth-order valence-electron chi connectivity index (χ4n) is 4.91. The van der Waals surface area contributed by atoms with Gasteiger partial charge in [0.15, 0.2) is 5.83 Å². The molecule has 4 aliphatic rings. The largest absolute Gasteiger partial charge is 0.304 e. The van der Waals surface area contributed by atoms with E-state index in [-0.39, 0.29) is 16.9 Å². The summed E-state index contributed by atoms with van der Waals surface area (Å²) < 4.78 is 14.9. The monoisotopic (exact) mass is 320 g/mol. The summed E-state index contributed by atoms with van der Waals surface area (Å²) in [5, 5.41) is 6.83. The van der Waals surface area contributed by atoms with Crippen LogP contribution in [-0.2, 0) is 4.79 Å². The van der Waals surface area contributed by atoms with Crippen molar-refractivity contribution in [2.45, 2.75) is 81.3 Å². The summed E-state index contributed by atoms with van der Waals surface area (Å²) in [6.07, 6.45) is 11.8. The number of nitrogens with one attached hydrogen (secondary N) is 2. The van der Waals surface area contributed by atoms with Gasteiger partial charge in [0.25, 0.3) is 0 Å². The zero-order chi connectivity index (χ0) is 16.6. The number of hydrogen-bond acceptors (Lipinski definition) is 3. The highest BCUT2D eigenvalue weighted by atomic mass is 19.1. The number of carbonyl (C=O) groups is 1. The van der Waals surface area contributed by atoms with Crippen LogP contribution in [0.25, 0.3) is 0 Å². The highest BCUT2D eigenvalue weighted by Crippen LogP contribution is 2.45. The van der Waals surface area contributed by atoms with Crippen LogP contribution in [0, 0.1) is 0 Å². The molecule has 4 fully saturated rings. The van der Waals surface area contributed by atoms with E-state index in [2.05, 4.69) is 24.1 Å². The number of ketones is 1. The van der Waals surface area contributed by atoms with Crippen molar-refractivity contribution in [3.8, 4) is 0 Å². The second kappa shape index (κ2) is 6.14. The summed E-state index contributed by atoms with van der Waals surface area (Å²) in [5.41, 5.74) is -0.970. The second-order valence-electron chi connectivity index (χ2n) is 8.01. The van der Waals surface area contributed by atoms with E-state index in [0.717, 1.165) is 45.1 Å². The van der Waals surface area contributed by atoms with Gasteiger partial charge >= 0.3 is 0 Å². The third kappa shape index (κ3) is 3.16. The summed E-state index contributed by atoms with van der Waals surface area (Å²) in [6, 6.07) is 0. The molecular weight excluding hydrogens is 291 g/mol. The van der Waals surface area contributed by atoms with E-state index in [1.165, 1.54) is 6.42 Å². The van der Waals surface area contributed by atoms with E-state index >= 15 is 0 Å². The maximum Gasteiger partial charge on any atom is 0.211 e. The van der Waals surface area contributed by atoms with Crippen LogP contribution < -0.4 is 10.6 Å². The Morgan fingerprint density at radius 3 is 2.57 bits per heavy atom. The van der Waals surface area contributed by atoms with Crippen LogP contribution in [0.4, 0.5) is 4.39 Å². The van der Waals surface area contributed by atoms with E-state index in [0.29, 0.717) is 12.8 Å². The van der Waals surface area contributed by atoms with Crippen LogP contribution in [0.5, 0.6) is 0 Å². The minimum Gasteiger partial charge on any atom is -0.304 e. The molecule has 3 unspecified atom stereocenters. The molecule has 3 heterocycles. The molecule has 0 amide bonds. The molecule has 4 heteroatoms. The molecule has 3 aliphatic heterocycles. The smallest absolute Gasteiger partial charge is 0.211 e. The van der Waals surface area contributed by atoms with Crippen molar-refractivity contribution >= 4 is 5.78 Å². The second-order valence-corrected chi connectivity index (χ2v) is 8.01. The molecule has 128 valence electrons. The van der Waals surface area contributed by atoms with Gasteiger partial charge in [0, 0.05) is 11.1 Å². The number of piperidine rings is 1. The lowest BCUT2D eigenvalue weighted by atomic mass is 9.70. The first-order valence-electron chi connectivity index (χ1n) is 9.01. The first kappa shape index (κ1) is 16.8. The van der Waals surface area contributed by atoms with Crippen molar-refractivity contribution in [1.29, 1.82) is 0 Å². The molecule has 1 saturated carbocycles. The fourth-order valence-corrected chi connectivity index (χ4v) is 4.91. The van der Waals surface area contributed by atoms with E-state index < -0.39 is 11.4 Å². The lowest BCUT2D eigenvalue weighted by molar-refractivity contribution is -0.124. The van der Waals surface area contributed by atoms with Crippen LogP contribution in [0.3, 0.4) is 0 Å². The number of rotatable bonds is 5. The Bertz CT molecular complexity index is 513. The summed E-state index contributed by atoms with van der Waals surface area (Å²) >= 11 is 0. The molecule has 0 aromatic rings. The van der Waals surface area contributed by atoms with Gasteiger partial charge in [0.1, 0.15) is 0 Å². The van der Waals surface area contributed by atoms with Crippen molar-refractivity contribution in [2.24, 2.45) is 0 Å². The van der Waals surface area contributed by atoms with Crippen molar-refractivity contribution in [3.05, 3.63) is 24.6 Å². The van der Waals surface area contributed by atoms with Crippen LogP contribution in [0.2, 0.25) is 0 Å². The number of halogens is 1. The third-order valence-electron chi connectivity index (χ3n) is 5.90. The number of Topliss-reactive ketones (excluding diaryl/α,β-unsaturated/α-hetero) is 1. The van der Waals surface area contributed by atoms with Crippen molar-refractivity contribution in [2.75, 3.05) is 6.54 Å². The summed E-state index contributed by atoms with van der Waals surface area (Å²) in [5.74, 6) is -0.955. The van der Waals surface area contributed by atoms with Gasteiger partial charge in [-0.3, -0.25) is 4.79 Å². The van der Waals surface area contributed by atoms with Gasteiger partial charge in [-0.15, -0.1) is 6.58 Å². The molecule has 1 aliphatic carbocycles. The maximum absolute atomic E-state index is 14.9. The molecule has 4 rings (SSSR count). The molecule has 3 saturated heterocycles. The minimum atomic E-state index is -0.783. The van der Waals surface area contributed by atoms with Crippen molar-refractivity contribution in [3.63, 3.8) is 0 Å². The fraction of sp³-hybridized carbons (Fsp3) is 0.737. The van der Waals surface area contributed by atoms with Crippen molar-refractivity contribution in [1.82, 2.24) is 10.6 Å². The molecule has 3 atom stereocenters. The van der Waals surface area contributed by atoms with Crippen LogP contribution in [-0.4, -0.2) is 28.9 Å². The Morgan fingerprint density at radius 2 is 1.91 bits per heavy atom. The van der Waals surface area contributed by atoms with Crippen LogP contribution >= 0.6 is 0 Å². The Labute approximate surface area is 138 Å². The number of hydrogen-bond donors (Lipinski definition) is 2. The van der Waals surface area contributed by atoms with Gasteiger partial charge in [0.05, 0.1) is 5.54 Å². The molecule has 0 aromatic carbocycles. The van der Waals surface area contributed by atoms with E-state index in [1.54, 1.807) is 12.2 Å². The van der Waals surface area contributed by atoms with Gasteiger partial charge in [0.2, 0.25) is 5.78 Å². The maximum atomic E-state index is 14.9. The Balaban J connectivity index is 1.79. The molecule has 23 heavy (non-hydrogen) atoms. The molecule has 2 bridgehead atoms. The normalized spacial score (nSPS) is 40.9. The van der Waals surface area contributed by atoms with E-state index in [4.69, 9.17) is 0 Å². The summed E-state index contributed by atoms with van der Waals surface area (Å²) in [6.45, 7) is 6.73. The average molecular weight is 320 g/mol. The lowest BCUT2D eigenvalue weighted by Crippen LogP contribution is -2.68. The molecule has 0 aromatic heterocycles. The molecule has 2 N–H and O–H groups in total. The quantitative estimate of drug-likeness (QED) is 0.601. The lowest BCUT2D eigenvalue weighted by Gasteiger charge is -2.53. The predicted molar refractivity (Wildman–Crippen MR) is 91.0 cm³/mol. The van der Waals surface area contributed by atoms with Gasteiger partial charge in [-0.1, -0.05) is 18.9 Å².